The first-order chi connectivity index (χ1) is 34.5. The predicted octanol–water partition coefficient (Wildman–Crippen LogP) is 8.49. The van der Waals surface area contributed by atoms with Crippen LogP contribution in [0.1, 0.15) is 27.0 Å². The highest BCUT2D eigenvalue weighted by Crippen LogP contribution is 2.44. The largest absolute Gasteiger partial charge is 0.494 e. The highest BCUT2D eigenvalue weighted by Gasteiger charge is 2.22. The Morgan fingerprint density at radius 1 is 0.603 bits per heavy atom. The van der Waals surface area contributed by atoms with Gasteiger partial charge in [-0.2, -0.15) is 35.6 Å². The smallest absolute Gasteiger partial charge is 0.338 e. The fourth-order valence-corrected chi connectivity index (χ4v) is 7.79. The van der Waals surface area contributed by atoms with Gasteiger partial charge in [-0.05, 0) is 92.2 Å². The van der Waals surface area contributed by atoms with Crippen molar-refractivity contribution in [1.29, 1.82) is 5.26 Å². The van der Waals surface area contributed by atoms with Crippen molar-refractivity contribution in [2.24, 2.45) is 30.7 Å². The summed E-state index contributed by atoms with van der Waals surface area (Å²) in [5.41, 5.74) is 0.553. The number of aromatic nitrogens is 1. The molecule has 0 aliphatic heterocycles. The van der Waals surface area contributed by atoms with Gasteiger partial charge < -0.3 is 40.2 Å². The molecule has 0 radical (unpaired) electrons. The zero-order valence-electron chi connectivity index (χ0n) is 38.1. The quantitative estimate of drug-likeness (QED) is 0.0247. The molecule has 26 nitrogen and oxygen atoms in total. The number of aliphatic hydroxyl groups is 2. The van der Waals surface area contributed by atoms with E-state index in [4.69, 9.17) is 14.2 Å². The molecule has 1 aromatic heterocycles. The molecule has 0 aliphatic carbocycles. The molecule has 0 saturated heterocycles. The number of ether oxygens (including phenoxy) is 3. The lowest BCUT2D eigenvalue weighted by atomic mass is 10.1. The van der Waals surface area contributed by atoms with Crippen LogP contribution < -0.4 is 24.8 Å². The molecular weight excluding hydrogens is 1020 g/mol. The van der Waals surface area contributed by atoms with E-state index < -0.39 is 69.8 Å². The maximum Gasteiger partial charge on any atom is 0.338 e. The van der Waals surface area contributed by atoms with E-state index in [9.17, 15) is 64.3 Å². The van der Waals surface area contributed by atoms with E-state index in [0.29, 0.717) is 5.56 Å². The number of carboxylic acids is 1. The molecular formula is C44H40N10O16S3. The molecule has 0 saturated carbocycles. The number of pyridine rings is 1. The summed E-state index contributed by atoms with van der Waals surface area (Å²) >= 11 is 0. The van der Waals surface area contributed by atoms with Crippen LogP contribution >= 0.6 is 0 Å². The Morgan fingerprint density at radius 2 is 1.04 bits per heavy atom. The molecule has 0 atom stereocenters. The van der Waals surface area contributed by atoms with Crippen LogP contribution in [0, 0.1) is 25.2 Å². The molecule has 0 amide bonds. The van der Waals surface area contributed by atoms with E-state index in [2.05, 4.69) is 52.4 Å². The van der Waals surface area contributed by atoms with E-state index in [-0.39, 0.29) is 98.7 Å². The summed E-state index contributed by atoms with van der Waals surface area (Å²) < 4.78 is 115. The maximum atomic E-state index is 11.9. The van der Waals surface area contributed by atoms with Crippen LogP contribution in [-0.4, -0.2) is 98.7 Å². The minimum absolute atomic E-state index is 0.0112. The van der Waals surface area contributed by atoms with Gasteiger partial charge in [-0.3, -0.25) is 13.7 Å². The third-order valence-electron chi connectivity index (χ3n) is 9.88. The van der Waals surface area contributed by atoms with E-state index >= 15 is 0 Å². The number of rotatable bonds is 21. The second-order valence-electron chi connectivity index (χ2n) is 14.8. The van der Waals surface area contributed by atoms with Crippen molar-refractivity contribution in [2.75, 3.05) is 44.2 Å². The van der Waals surface area contributed by atoms with Gasteiger partial charge in [0.1, 0.15) is 65.0 Å². The van der Waals surface area contributed by atoms with E-state index in [0.717, 1.165) is 42.5 Å². The van der Waals surface area contributed by atoms with Crippen molar-refractivity contribution in [2.45, 2.75) is 28.5 Å². The average molecular weight is 1060 g/mol. The van der Waals surface area contributed by atoms with Gasteiger partial charge in [0.15, 0.2) is 11.6 Å². The summed E-state index contributed by atoms with van der Waals surface area (Å²) in [5.74, 6) is -1.57. The van der Waals surface area contributed by atoms with Crippen molar-refractivity contribution < 1.29 is 73.2 Å². The maximum absolute atomic E-state index is 11.9. The molecule has 5 aromatic carbocycles. The van der Waals surface area contributed by atoms with Crippen LogP contribution in [0.4, 0.5) is 57.1 Å². The molecule has 1 heterocycles. The Balaban J connectivity index is 1.41. The Bertz CT molecular complexity index is 3570. The first-order valence-electron chi connectivity index (χ1n) is 20.6. The average Bonchev–Trinajstić information content (AvgIpc) is 3.33. The van der Waals surface area contributed by atoms with Gasteiger partial charge in [0.25, 0.3) is 30.4 Å². The van der Waals surface area contributed by atoms with E-state index in [1.807, 2.05) is 0 Å². The minimum atomic E-state index is -4.71. The third kappa shape index (κ3) is 13.5. The number of carbonyl (C=O) groups is 1. The predicted molar refractivity (Wildman–Crippen MR) is 258 cm³/mol. The normalized spacial score (nSPS) is 12.0. The lowest BCUT2D eigenvalue weighted by molar-refractivity contribution is 0.0697. The summed E-state index contributed by atoms with van der Waals surface area (Å²) in [4.78, 5) is 15.0. The highest BCUT2D eigenvalue weighted by molar-refractivity contribution is 7.86. The van der Waals surface area contributed by atoms with Gasteiger partial charge in [0.2, 0.25) is 0 Å². The fraction of sp³-hybridized carbons (Fsp3) is 0.159. The number of benzene rings is 5. The molecule has 0 unspecified atom stereocenters. The van der Waals surface area contributed by atoms with Gasteiger partial charge in [-0.1, -0.05) is 0 Å². The second kappa shape index (κ2) is 22.8. The van der Waals surface area contributed by atoms with Crippen molar-refractivity contribution in [3.8, 4) is 23.3 Å². The lowest BCUT2D eigenvalue weighted by Gasteiger charge is -2.16. The van der Waals surface area contributed by atoms with Crippen LogP contribution in [0.5, 0.6) is 17.2 Å². The fourth-order valence-electron chi connectivity index (χ4n) is 6.33. The molecule has 0 spiro atoms. The summed E-state index contributed by atoms with van der Waals surface area (Å²) in [6, 6.07) is 20.1. The van der Waals surface area contributed by atoms with Crippen LogP contribution in [-0.2, 0) is 30.4 Å². The molecule has 6 rings (SSSR count). The van der Waals surface area contributed by atoms with Crippen LogP contribution in [0.2, 0.25) is 0 Å². The number of aromatic carboxylic acids is 1. The monoisotopic (exact) mass is 1060 g/mol. The molecule has 0 fully saturated rings. The molecule has 73 heavy (non-hydrogen) atoms. The first-order valence-corrected chi connectivity index (χ1v) is 24.9. The Hall–Kier alpha value is -8.34. The summed E-state index contributed by atoms with van der Waals surface area (Å²) in [6.07, 6.45) is 0. The van der Waals surface area contributed by atoms with Crippen molar-refractivity contribution >= 4 is 93.5 Å². The van der Waals surface area contributed by atoms with Crippen LogP contribution in [0.3, 0.4) is 0 Å². The Morgan fingerprint density at radius 3 is 1.51 bits per heavy atom. The number of nitriles is 1. The molecule has 380 valence electrons. The number of azo groups is 3. The third-order valence-corrected chi connectivity index (χ3v) is 12.5. The second-order valence-corrected chi connectivity index (χ2v) is 19.1. The van der Waals surface area contributed by atoms with E-state index in [1.54, 1.807) is 6.92 Å². The molecule has 29 heteroatoms. The molecule has 6 aromatic rings. The number of hydrogen-bond donors (Lipinski definition) is 8. The number of aliphatic hydroxyl groups excluding tert-OH is 2. The van der Waals surface area contributed by atoms with Crippen LogP contribution in [0.15, 0.2) is 136 Å². The zero-order chi connectivity index (χ0) is 53.3. The first kappa shape index (κ1) is 54.0. The van der Waals surface area contributed by atoms with Crippen molar-refractivity contribution in [3.05, 3.63) is 113 Å². The number of carboxylic acid groups (broad SMARTS) is 1. The van der Waals surface area contributed by atoms with Gasteiger partial charge in [0, 0.05) is 35.1 Å². The lowest BCUT2D eigenvalue weighted by Crippen LogP contribution is -2.05. The molecule has 0 bridgehead atoms. The number of nitrogens with one attached hydrogen (secondary N) is 2. The van der Waals surface area contributed by atoms with Crippen molar-refractivity contribution in [3.63, 3.8) is 0 Å². The Labute approximate surface area is 415 Å². The number of anilines is 4. The number of methoxy groups -OCH3 is 1. The summed E-state index contributed by atoms with van der Waals surface area (Å²) in [6.45, 7) is 1.75. The van der Waals surface area contributed by atoms with E-state index in [1.165, 1.54) is 62.6 Å². The Kier molecular flexibility index (Phi) is 16.9. The molecule has 8 N–H and O–H groups in total. The zero-order valence-corrected chi connectivity index (χ0v) is 40.5. The topological polar surface area (TPSA) is 403 Å². The van der Waals surface area contributed by atoms with Crippen LogP contribution in [0.25, 0.3) is 0 Å². The SMILES string of the molecule is COc1cc(N=Nc2ccc(S(=O)(=O)O)cc2C(=O)O)c(C)cc1N=Nc1cc(OCCO)c(N=Nc2c(Nc3ccc(S(=O)(=O)O)cc3)nc(Nc3ccc(S(=O)(=O)O)cc3)c(C#N)c2C)cc1OCCO. The van der Waals surface area contributed by atoms with Gasteiger partial charge in [0.05, 0.1) is 51.8 Å². The van der Waals surface area contributed by atoms with Crippen molar-refractivity contribution in [1.82, 2.24) is 4.98 Å². The number of hydrogen-bond acceptors (Lipinski definition) is 22. The van der Waals surface area contributed by atoms with Gasteiger partial charge in [-0.15, -0.1) is 25.6 Å². The highest BCUT2D eigenvalue weighted by atomic mass is 32.2. The minimum Gasteiger partial charge on any atom is -0.494 e. The standard InChI is InChI=1S/C44H40N10O16S3/c1-24-18-35(38(68-3)20-34(24)50-49-33-13-12-30(73(65,66)67)19-31(33)44(57)58)51-52-36-21-40(70-17-15-56)37(22-39(36)69-16-14-55)53-54-41-25(2)32(23-45)42(46-26-4-8-28(9-5-26)71(59,60)61)48-43(41)47-27-6-10-29(11-7-27)72(62,63)64/h4-13,18-22,55-56H,14-17H2,1-3H3,(H,57,58)(H2,46,47,48)(H,59,60,61)(H,62,63,64)(H,65,66,67). The van der Waals surface area contributed by atoms with Gasteiger partial charge in [-0.25, -0.2) is 9.78 Å². The summed E-state index contributed by atoms with van der Waals surface area (Å²) in [7, 11) is -12.5. The molecule has 0 aliphatic rings. The number of aryl methyl sites for hydroxylation is 1. The number of nitrogens with zero attached hydrogens (tertiary/aromatic N) is 8. The van der Waals surface area contributed by atoms with Gasteiger partial charge >= 0.3 is 5.97 Å². The summed E-state index contributed by atoms with van der Waals surface area (Å²) in [5, 5.41) is 71.0.